The molecule has 0 saturated carbocycles. The van der Waals surface area contributed by atoms with E-state index in [1.54, 1.807) is 30.5 Å². The zero-order valence-corrected chi connectivity index (χ0v) is 14.6. The molecule has 2 amide bonds. The number of urea groups is 1. The van der Waals surface area contributed by atoms with Crippen LogP contribution in [0.15, 0.2) is 60.7 Å². The van der Waals surface area contributed by atoms with Crippen LogP contribution in [0.3, 0.4) is 0 Å². The van der Waals surface area contributed by atoms with Crippen LogP contribution < -0.4 is 20.1 Å². The van der Waals surface area contributed by atoms with Crippen molar-refractivity contribution in [2.24, 2.45) is 0 Å². The van der Waals surface area contributed by atoms with Crippen molar-refractivity contribution in [2.75, 3.05) is 5.32 Å². The van der Waals surface area contributed by atoms with Gasteiger partial charge in [-0.2, -0.15) is 0 Å². The molecule has 0 bridgehead atoms. The molecule has 1 atom stereocenters. The molecule has 2 aromatic carbocycles. The molecule has 2 aliphatic rings. The summed E-state index contributed by atoms with van der Waals surface area (Å²) in [6.45, 7) is 0. The largest absolute Gasteiger partial charge is 0.479 e. The average molecular weight is 394 g/mol. The van der Waals surface area contributed by atoms with Crippen LogP contribution in [0.2, 0.25) is 0 Å². The number of halogens is 2. The quantitative estimate of drug-likeness (QED) is 0.702. The van der Waals surface area contributed by atoms with Gasteiger partial charge in [0, 0.05) is 29.5 Å². The van der Waals surface area contributed by atoms with E-state index in [1.165, 1.54) is 6.33 Å². The molecule has 1 aliphatic carbocycles. The van der Waals surface area contributed by atoms with E-state index in [4.69, 9.17) is 9.47 Å². The van der Waals surface area contributed by atoms with Gasteiger partial charge in [0.2, 0.25) is 5.88 Å². The highest BCUT2D eigenvalue weighted by atomic mass is 19.1. The second-order valence-electron chi connectivity index (χ2n) is 6.34. The number of nitrogens with one attached hydrogen (secondary N) is 2. The normalized spacial score (nSPS) is 15.9. The summed E-state index contributed by atoms with van der Waals surface area (Å²) < 4.78 is 38.1. The number of hydrogen-bond donors (Lipinski definition) is 2. The molecule has 3 aromatic rings. The van der Waals surface area contributed by atoms with Crippen molar-refractivity contribution in [2.45, 2.75) is 6.10 Å². The van der Waals surface area contributed by atoms with Gasteiger partial charge in [-0.3, -0.25) is 0 Å². The Morgan fingerprint density at radius 1 is 1.10 bits per heavy atom. The summed E-state index contributed by atoms with van der Waals surface area (Å²) in [5.41, 5.74) is 2.08. The van der Waals surface area contributed by atoms with Crippen molar-refractivity contribution in [3.05, 3.63) is 77.9 Å². The maximum absolute atomic E-state index is 13.7. The Morgan fingerprint density at radius 2 is 2.00 bits per heavy atom. The zero-order chi connectivity index (χ0) is 20.0. The highest BCUT2D eigenvalue weighted by Crippen LogP contribution is 2.52. The lowest BCUT2D eigenvalue weighted by Crippen LogP contribution is -2.28. The van der Waals surface area contributed by atoms with Crippen LogP contribution in [-0.4, -0.2) is 22.1 Å². The Kier molecular flexibility index (Phi) is 3.87. The molecule has 29 heavy (non-hydrogen) atoms. The number of amides is 2. The smallest absolute Gasteiger partial charge is 0.323 e. The topological polar surface area (TPSA) is 85.4 Å². The Morgan fingerprint density at radius 3 is 2.79 bits per heavy atom. The minimum absolute atomic E-state index is 0.123. The van der Waals surface area contributed by atoms with Crippen molar-refractivity contribution in [1.29, 1.82) is 0 Å². The first-order chi connectivity index (χ1) is 14.1. The van der Waals surface area contributed by atoms with Crippen LogP contribution >= 0.6 is 0 Å². The molecule has 7 nitrogen and oxygen atoms in total. The van der Waals surface area contributed by atoms with E-state index < -0.39 is 17.7 Å². The number of rotatable bonds is 4. The molecule has 9 heteroatoms. The first-order valence-electron chi connectivity index (χ1n) is 8.60. The van der Waals surface area contributed by atoms with Crippen molar-refractivity contribution >= 4 is 17.3 Å². The van der Waals surface area contributed by atoms with Gasteiger partial charge in [0.15, 0.2) is 6.10 Å². The zero-order valence-electron chi connectivity index (χ0n) is 14.6. The number of carbonyl (C=O) groups is 1. The standard InChI is InChI=1S/C20H12F2N4O3/c21-10-1-3-14(13(22)7-10)25-20(27)26-18-17-12-8-11(2-4-15(12)29-19(17)18)28-16-5-6-23-9-24-16/h1-9,19H,(H2,25,26,27). The van der Waals surface area contributed by atoms with Gasteiger partial charge in [-0.15, -0.1) is 0 Å². The van der Waals surface area contributed by atoms with E-state index >= 15 is 0 Å². The van der Waals surface area contributed by atoms with Crippen LogP contribution in [-0.2, 0) is 0 Å². The number of hydrogen-bond acceptors (Lipinski definition) is 5. The Labute approximate surface area is 163 Å². The lowest BCUT2D eigenvalue weighted by atomic mass is 10.1. The van der Waals surface area contributed by atoms with Gasteiger partial charge in [0.05, 0.1) is 11.4 Å². The molecule has 0 spiro atoms. The Balaban J connectivity index is 1.31. The molecule has 2 heterocycles. The molecule has 1 unspecified atom stereocenters. The summed E-state index contributed by atoms with van der Waals surface area (Å²) in [7, 11) is 0. The first-order valence-corrected chi connectivity index (χ1v) is 8.60. The van der Waals surface area contributed by atoms with Crippen LogP contribution in [0, 0.1) is 11.6 Å². The Hall–Kier alpha value is -4.01. The van der Waals surface area contributed by atoms with Gasteiger partial charge in [-0.25, -0.2) is 23.5 Å². The van der Waals surface area contributed by atoms with E-state index in [0.717, 1.165) is 23.3 Å². The van der Waals surface area contributed by atoms with E-state index in [9.17, 15) is 13.6 Å². The number of nitrogens with zero attached hydrogens (tertiary/aromatic N) is 2. The first kappa shape index (κ1) is 17.1. The lowest BCUT2D eigenvalue weighted by Gasteiger charge is -2.09. The van der Waals surface area contributed by atoms with E-state index in [2.05, 4.69) is 20.6 Å². The monoisotopic (exact) mass is 394 g/mol. The number of aromatic nitrogens is 2. The van der Waals surface area contributed by atoms with Crippen molar-refractivity contribution in [1.82, 2.24) is 15.3 Å². The molecule has 0 saturated heterocycles. The molecule has 0 radical (unpaired) electrons. The van der Waals surface area contributed by atoms with Crippen molar-refractivity contribution in [3.63, 3.8) is 0 Å². The van der Waals surface area contributed by atoms with Crippen molar-refractivity contribution in [3.8, 4) is 17.4 Å². The second-order valence-corrected chi connectivity index (χ2v) is 6.34. The van der Waals surface area contributed by atoms with Gasteiger partial charge in [0.1, 0.15) is 29.5 Å². The SMILES string of the molecule is O=C(NC1=C2c3cc(Oc4ccncn4)ccc3OC12)Nc1ccc(F)cc1F. The number of carbonyl (C=O) groups excluding carboxylic acids is 1. The molecule has 144 valence electrons. The fourth-order valence-electron chi connectivity index (χ4n) is 3.08. The number of fused-ring (bicyclic) bond motifs is 3. The maximum atomic E-state index is 13.7. The van der Waals surface area contributed by atoms with Crippen LogP contribution in [0.25, 0.3) is 5.57 Å². The summed E-state index contributed by atoms with van der Waals surface area (Å²) >= 11 is 0. The number of anilines is 1. The van der Waals surface area contributed by atoms with Crippen LogP contribution in [0.1, 0.15) is 5.56 Å². The average Bonchev–Trinajstić information content (AvgIpc) is 3.22. The second kappa shape index (κ2) is 6.55. The molecule has 0 fully saturated rings. The summed E-state index contributed by atoms with van der Waals surface area (Å²) in [5, 5.41) is 4.98. The molecule has 2 N–H and O–H groups in total. The van der Waals surface area contributed by atoms with Gasteiger partial charge in [-0.1, -0.05) is 0 Å². The third-order valence-electron chi connectivity index (χ3n) is 4.42. The molecule has 1 aromatic heterocycles. The molecular formula is C20H12F2N4O3. The fraction of sp³-hybridized carbons (Fsp3) is 0.0500. The van der Waals surface area contributed by atoms with E-state index in [1.807, 2.05) is 0 Å². The van der Waals surface area contributed by atoms with Crippen LogP contribution in [0.4, 0.5) is 19.3 Å². The molecule has 5 rings (SSSR count). The minimum Gasteiger partial charge on any atom is -0.479 e. The van der Waals surface area contributed by atoms with Gasteiger partial charge in [-0.05, 0) is 30.3 Å². The summed E-state index contributed by atoms with van der Waals surface area (Å²) in [4.78, 5) is 20.0. The predicted molar refractivity (Wildman–Crippen MR) is 98.4 cm³/mol. The van der Waals surface area contributed by atoms with E-state index in [-0.39, 0.29) is 11.8 Å². The fourth-order valence-corrected chi connectivity index (χ4v) is 3.08. The maximum Gasteiger partial charge on any atom is 0.323 e. The third-order valence-corrected chi connectivity index (χ3v) is 4.42. The Bertz CT molecular complexity index is 1170. The third kappa shape index (κ3) is 3.22. The summed E-state index contributed by atoms with van der Waals surface area (Å²) in [6.07, 6.45) is 2.60. The van der Waals surface area contributed by atoms with Crippen LogP contribution in [0.5, 0.6) is 17.4 Å². The summed E-state index contributed by atoms with van der Waals surface area (Å²) in [5.74, 6) is 0.0557. The van der Waals surface area contributed by atoms with Gasteiger partial charge >= 0.3 is 6.03 Å². The molecular weight excluding hydrogens is 382 g/mol. The predicted octanol–water partition coefficient (Wildman–Crippen LogP) is 3.85. The lowest BCUT2D eigenvalue weighted by molar-refractivity contribution is 0.252. The highest BCUT2D eigenvalue weighted by molar-refractivity contribution is 6.00. The number of benzene rings is 2. The minimum atomic E-state index is -0.859. The van der Waals surface area contributed by atoms with Gasteiger partial charge in [0.25, 0.3) is 0 Å². The summed E-state index contributed by atoms with van der Waals surface area (Å²) in [6, 6.07) is 9.21. The van der Waals surface area contributed by atoms with Crippen molar-refractivity contribution < 1.29 is 23.0 Å². The van der Waals surface area contributed by atoms with Gasteiger partial charge < -0.3 is 20.1 Å². The van der Waals surface area contributed by atoms with E-state index in [0.29, 0.717) is 29.1 Å². The molecule has 1 aliphatic heterocycles. The highest BCUT2D eigenvalue weighted by Gasteiger charge is 2.48. The number of ether oxygens (including phenoxy) is 2.